The molecule has 0 bridgehead atoms. The number of carbonyl (C=O) groups is 1. The Hall–Kier alpha value is -2.58. The summed E-state index contributed by atoms with van der Waals surface area (Å²) in [5, 5.41) is 12.3. The number of nitrogens with zero attached hydrogens (tertiary/aromatic N) is 4. The van der Waals surface area contributed by atoms with E-state index in [0.717, 1.165) is 17.8 Å². The van der Waals surface area contributed by atoms with E-state index in [-0.39, 0.29) is 29.6 Å². The molecule has 0 aliphatic carbocycles. The summed E-state index contributed by atoms with van der Waals surface area (Å²) in [6.07, 6.45) is -2.77. The molecule has 35 heavy (non-hydrogen) atoms. The second-order valence-electron chi connectivity index (χ2n) is 7.70. The molecule has 0 fully saturated rings. The van der Waals surface area contributed by atoms with Crippen molar-refractivity contribution in [3.8, 4) is 5.88 Å². The second-order valence-corrected chi connectivity index (χ2v) is 8.73. The Kier molecular flexibility index (Phi) is 10.2. The van der Waals surface area contributed by atoms with E-state index in [1.54, 1.807) is 20.8 Å². The first kappa shape index (κ1) is 28.7. The standard InChI is InChI=1S/C19H30F2N6O7P/c1-6-31-16-14-15(24-18(22)25-16)27(9-23-14)13(7-20)34-19(21,12(5)28)8-32-35(30)26-11(4)17(29)33-10(2)3/h9-13,28H,6-8H2,1-5H3,(H,26,30)(H2,22,24,25)/q+1/t11-,12-,13+,19+/m0/s1. The summed E-state index contributed by atoms with van der Waals surface area (Å²) in [5.41, 5.74) is 5.82. The predicted molar refractivity (Wildman–Crippen MR) is 120 cm³/mol. The molecule has 5 atom stereocenters. The van der Waals surface area contributed by atoms with E-state index in [9.17, 15) is 18.9 Å². The lowest BCUT2D eigenvalue weighted by atomic mass is 10.2. The van der Waals surface area contributed by atoms with Gasteiger partial charge in [-0.05, 0) is 39.2 Å². The first-order valence-electron chi connectivity index (χ1n) is 10.7. The molecular weight excluding hydrogens is 493 g/mol. The van der Waals surface area contributed by atoms with Crippen LogP contribution in [0, 0.1) is 0 Å². The van der Waals surface area contributed by atoms with Crippen LogP contribution in [0.2, 0.25) is 0 Å². The van der Waals surface area contributed by atoms with E-state index >= 15 is 4.39 Å². The number of hydrogen-bond acceptors (Lipinski definition) is 11. The van der Waals surface area contributed by atoms with Crippen LogP contribution >= 0.6 is 8.18 Å². The number of nitrogens with one attached hydrogen (secondary N) is 1. The molecule has 0 saturated carbocycles. The van der Waals surface area contributed by atoms with E-state index in [4.69, 9.17) is 24.5 Å². The highest BCUT2D eigenvalue weighted by Crippen LogP contribution is 2.32. The number of ether oxygens (including phenoxy) is 3. The maximum atomic E-state index is 15.5. The molecule has 0 aliphatic rings. The van der Waals surface area contributed by atoms with Crippen molar-refractivity contribution in [1.82, 2.24) is 24.6 Å². The number of alkyl halides is 2. The molecule has 16 heteroatoms. The van der Waals surface area contributed by atoms with Crippen LogP contribution < -0.4 is 15.6 Å². The number of nitrogens with two attached hydrogens (primary N) is 1. The van der Waals surface area contributed by atoms with Crippen LogP contribution in [0.25, 0.3) is 11.2 Å². The van der Waals surface area contributed by atoms with Gasteiger partial charge in [0.1, 0.15) is 18.8 Å². The number of aliphatic hydroxyl groups is 1. The van der Waals surface area contributed by atoms with Gasteiger partial charge in [-0.2, -0.15) is 9.97 Å². The van der Waals surface area contributed by atoms with Crippen molar-refractivity contribution in [2.75, 3.05) is 25.6 Å². The first-order valence-corrected chi connectivity index (χ1v) is 11.9. The minimum Gasteiger partial charge on any atom is -0.476 e. The number of carbonyl (C=O) groups excluding carboxylic acids is 1. The Morgan fingerprint density at radius 1 is 1.34 bits per heavy atom. The van der Waals surface area contributed by atoms with Crippen molar-refractivity contribution in [3.05, 3.63) is 6.33 Å². The fourth-order valence-corrected chi connectivity index (χ4v) is 3.52. The average Bonchev–Trinajstić information content (AvgIpc) is 3.19. The maximum absolute atomic E-state index is 15.5. The molecule has 0 radical (unpaired) electrons. The van der Waals surface area contributed by atoms with Gasteiger partial charge in [0.25, 0.3) is 5.85 Å². The van der Waals surface area contributed by atoms with Gasteiger partial charge in [0.15, 0.2) is 24.0 Å². The largest absolute Gasteiger partial charge is 0.614 e. The number of imidazole rings is 1. The van der Waals surface area contributed by atoms with Crippen LogP contribution in [0.3, 0.4) is 0 Å². The quantitative estimate of drug-likeness (QED) is 0.243. The summed E-state index contributed by atoms with van der Waals surface area (Å²) in [6, 6.07) is -1.02. The van der Waals surface area contributed by atoms with Crippen LogP contribution in [-0.2, 0) is 23.4 Å². The molecular formula is C19H30F2N6O7P+. The molecule has 0 amide bonds. The molecule has 13 nitrogen and oxygen atoms in total. The fraction of sp³-hybridized carbons (Fsp3) is 0.684. The van der Waals surface area contributed by atoms with Crippen molar-refractivity contribution in [2.24, 2.45) is 0 Å². The summed E-state index contributed by atoms with van der Waals surface area (Å²) < 4.78 is 63.2. The topological polar surface area (TPSA) is 173 Å². The smallest absolute Gasteiger partial charge is 0.476 e. The van der Waals surface area contributed by atoms with Gasteiger partial charge in [-0.3, -0.25) is 9.36 Å². The van der Waals surface area contributed by atoms with Crippen LogP contribution in [0.4, 0.5) is 14.7 Å². The number of esters is 1. The predicted octanol–water partition coefficient (Wildman–Crippen LogP) is 1.94. The van der Waals surface area contributed by atoms with Crippen LogP contribution in [0.1, 0.15) is 40.8 Å². The highest BCUT2D eigenvalue weighted by molar-refractivity contribution is 7.36. The molecule has 0 aromatic carbocycles. The van der Waals surface area contributed by atoms with Crippen molar-refractivity contribution in [3.63, 3.8) is 0 Å². The lowest BCUT2D eigenvalue weighted by molar-refractivity contribution is -0.258. The molecule has 0 aliphatic heterocycles. The molecule has 0 saturated heterocycles. The van der Waals surface area contributed by atoms with Gasteiger partial charge in [0.2, 0.25) is 11.8 Å². The summed E-state index contributed by atoms with van der Waals surface area (Å²) in [5.74, 6) is -3.85. The Balaban J connectivity index is 2.17. The van der Waals surface area contributed by atoms with Gasteiger partial charge < -0.3 is 25.1 Å². The van der Waals surface area contributed by atoms with Gasteiger partial charge in [0.05, 0.1) is 19.0 Å². The van der Waals surface area contributed by atoms with Gasteiger partial charge in [-0.15, -0.1) is 4.52 Å². The zero-order chi connectivity index (χ0) is 26.3. The minimum atomic E-state index is -3.01. The number of aromatic nitrogens is 4. The minimum absolute atomic E-state index is 0.00249. The molecule has 0 spiro atoms. The number of rotatable bonds is 14. The lowest BCUT2D eigenvalue weighted by Gasteiger charge is -2.30. The van der Waals surface area contributed by atoms with E-state index < -0.39 is 57.8 Å². The second kappa shape index (κ2) is 12.4. The fourth-order valence-electron chi connectivity index (χ4n) is 2.73. The van der Waals surface area contributed by atoms with Gasteiger partial charge in [0, 0.05) is 0 Å². The molecule has 2 heterocycles. The average molecular weight is 523 g/mol. The van der Waals surface area contributed by atoms with Crippen LogP contribution in [0.5, 0.6) is 5.88 Å². The SMILES string of the molecule is CCOc1nc(N)nc2c1ncn2[C@@H](CF)O[C@](F)(CO[P+](=O)N[C@@H](C)C(=O)OC(C)C)[C@H](C)O. The molecule has 1 unspecified atom stereocenters. The summed E-state index contributed by atoms with van der Waals surface area (Å²) in [6.45, 7) is 5.33. The summed E-state index contributed by atoms with van der Waals surface area (Å²) in [7, 11) is -2.78. The Labute approximate surface area is 201 Å². The number of fused-ring (bicyclic) bond motifs is 1. The van der Waals surface area contributed by atoms with Crippen LogP contribution in [-0.4, -0.2) is 74.6 Å². The van der Waals surface area contributed by atoms with Gasteiger partial charge in [-0.1, -0.05) is 5.09 Å². The molecule has 2 aromatic rings. The molecule has 4 N–H and O–H groups in total. The van der Waals surface area contributed by atoms with E-state index in [1.165, 1.54) is 6.92 Å². The Bertz CT molecular complexity index is 1030. The van der Waals surface area contributed by atoms with Gasteiger partial charge in [-0.25, -0.2) is 13.8 Å². The lowest BCUT2D eigenvalue weighted by Crippen LogP contribution is -2.45. The number of nitrogen functional groups attached to an aromatic ring is 1. The van der Waals surface area contributed by atoms with Crippen molar-refractivity contribution in [2.45, 2.75) is 65.0 Å². The Morgan fingerprint density at radius 2 is 2.03 bits per heavy atom. The highest BCUT2D eigenvalue weighted by atomic mass is 31.1. The third-order valence-electron chi connectivity index (χ3n) is 4.47. The third kappa shape index (κ3) is 7.45. The highest BCUT2D eigenvalue weighted by Gasteiger charge is 2.44. The van der Waals surface area contributed by atoms with E-state index in [0.29, 0.717) is 0 Å². The number of hydrogen-bond donors (Lipinski definition) is 3. The summed E-state index contributed by atoms with van der Waals surface area (Å²) >= 11 is 0. The van der Waals surface area contributed by atoms with Crippen molar-refractivity contribution in [1.29, 1.82) is 0 Å². The zero-order valence-electron chi connectivity index (χ0n) is 20.0. The first-order chi connectivity index (χ1) is 16.4. The van der Waals surface area contributed by atoms with E-state index in [1.807, 2.05) is 0 Å². The molecule has 2 aromatic heterocycles. The Morgan fingerprint density at radius 3 is 2.60 bits per heavy atom. The number of halogens is 2. The van der Waals surface area contributed by atoms with Crippen LogP contribution in [0.15, 0.2) is 6.33 Å². The molecule has 196 valence electrons. The number of aliphatic hydroxyl groups excluding tert-OH is 1. The van der Waals surface area contributed by atoms with Crippen molar-refractivity contribution >= 4 is 31.3 Å². The van der Waals surface area contributed by atoms with Crippen molar-refractivity contribution < 1.29 is 42.0 Å². The summed E-state index contributed by atoms with van der Waals surface area (Å²) in [4.78, 5) is 23.8. The van der Waals surface area contributed by atoms with E-state index in [2.05, 4.69) is 20.0 Å². The van der Waals surface area contributed by atoms with Gasteiger partial charge >= 0.3 is 14.1 Å². The number of anilines is 1. The maximum Gasteiger partial charge on any atom is 0.614 e. The third-order valence-corrected chi connectivity index (χ3v) is 5.43. The monoisotopic (exact) mass is 523 g/mol. The normalized spacial score (nSPS) is 16.5. The molecule has 2 rings (SSSR count). The zero-order valence-corrected chi connectivity index (χ0v) is 20.9.